The summed E-state index contributed by atoms with van der Waals surface area (Å²) in [7, 11) is 1.71. The molecule has 0 N–H and O–H groups in total. The van der Waals surface area contributed by atoms with Gasteiger partial charge in [0.2, 0.25) is 0 Å². The Bertz CT molecular complexity index is 968. The maximum atomic E-state index is 12.8. The Balaban J connectivity index is 2.14. The fourth-order valence-corrected chi connectivity index (χ4v) is 3.11. The van der Waals surface area contributed by atoms with Crippen LogP contribution in [0.1, 0.15) is 15.9 Å². The molecule has 22 heavy (non-hydrogen) atoms. The molecule has 2 aromatic carbocycles. The summed E-state index contributed by atoms with van der Waals surface area (Å²) in [6.07, 6.45) is 0. The minimum Gasteiger partial charge on any atom is -0.311 e. The summed E-state index contributed by atoms with van der Waals surface area (Å²) in [6.45, 7) is 0. The zero-order valence-electron chi connectivity index (χ0n) is 12.0. The lowest BCUT2D eigenvalue weighted by molar-refractivity contribution is 0.104. The van der Waals surface area contributed by atoms with E-state index in [-0.39, 0.29) is 11.3 Å². The van der Waals surface area contributed by atoms with E-state index in [9.17, 15) is 9.59 Å². The Hall–Kier alpha value is -2.94. The van der Waals surface area contributed by atoms with Crippen molar-refractivity contribution in [3.63, 3.8) is 0 Å². The van der Waals surface area contributed by atoms with E-state index < -0.39 is 0 Å². The fraction of sp³-hybridized carbons (Fsp3) is 0.0526. The monoisotopic (exact) mass is 287 g/mol. The molecule has 0 bridgehead atoms. The van der Waals surface area contributed by atoms with Crippen LogP contribution in [0.4, 0.5) is 0 Å². The van der Waals surface area contributed by atoms with E-state index in [2.05, 4.69) is 0 Å². The van der Waals surface area contributed by atoms with Crippen molar-refractivity contribution in [1.29, 1.82) is 0 Å². The zero-order valence-corrected chi connectivity index (χ0v) is 12.0. The number of pyridine rings is 1. The summed E-state index contributed by atoms with van der Waals surface area (Å²) < 4.78 is 1.56. The van der Waals surface area contributed by atoms with Gasteiger partial charge in [-0.1, -0.05) is 54.6 Å². The highest BCUT2D eigenvalue weighted by atomic mass is 16.1. The summed E-state index contributed by atoms with van der Waals surface area (Å²) in [6, 6.07) is 18.6. The van der Waals surface area contributed by atoms with E-state index in [0.29, 0.717) is 22.4 Å². The summed E-state index contributed by atoms with van der Waals surface area (Å²) in [5, 5.41) is 0. The molecule has 106 valence electrons. The number of hydrogen-bond acceptors (Lipinski definition) is 2. The molecule has 1 aliphatic carbocycles. The molecule has 0 saturated carbocycles. The van der Waals surface area contributed by atoms with Gasteiger partial charge in [0.1, 0.15) is 0 Å². The van der Waals surface area contributed by atoms with Crippen molar-refractivity contribution in [3.05, 3.63) is 82.1 Å². The second-order valence-electron chi connectivity index (χ2n) is 5.42. The van der Waals surface area contributed by atoms with Crippen LogP contribution in [0.2, 0.25) is 0 Å². The van der Waals surface area contributed by atoms with Gasteiger partial charge in [-0.3, -0.25) is 9.59 Å². The predicted octanol–water partition coefficient (Wildman–Crippen LogP) is 3.26. The molecule has 0 atom stereocenters. The van der Waals surface area contributed by atoms with Crippen LogP contribution in [0.25, 0.3) is 22.4 Å². The summed E-state index contributed by atoms with van der Waals surface area (Å²) in [4.78, 5) is 25.2. The standard InChI is InChI=1S/C19H13NO2/c1-20-16(21)11-15(12-7-3-2-4-8-12)17-18(20)13-9-5-6-10-14(13)19(17)22/h2-11H,1H3. The normalized spacial score (nSPS) is 12.1. The molecule has 0 saturated heterocycles. The van der Waals surface area contributed by atoms with Gasteiger partial charge in [0, 0.05) is 29.8 Å². The highest BCUT2D eigenvalue weighted by Gasteiger charge is 2.31. The molecule has 3 nitrogen and oxygen atoms in total. The summed E-state index contributed by atoms with van der Waals surface area (Å²) in [5.41, 5.74) is 4.32. The number of carbonyl (C=O) groups is 1. The quantitative estimate of drug-likeness (QED) is 0.539. The lowest BCUT2D eigenvalue weighted by Gasteiger charge is -2.11. The van der Waals surface area contributed by atoms with Crippen molar-refractivity contribution >= 4 is 5.78 Å². The molecule has 4 rings (SSSR count). The van der Waals surface area contributed by atoms with E-state index >= 15 is 0 Å². The Kier molecular flexibility index (Phi) is 2.63. The lowest BCUT2D eigenvalue weighted by Crippen LogP contribution is -2.19. The minimum absolute atomic E-state index is 0.0138. The van der Waals surface area contributed by atoms with Crippen LogP contribution in [0.5, 0.6) is 0 Å². The van der Waals surface area contributed by atoms with Crippen molar-refractivity contribution in [3.8, 4) is 22.4 Å². The average molecular weight is 287 g/mol. The Morgan fingerprint density at radius 1 is 0.773 bits per heavy atom. The summed E-state index contributed by atoms with van der Waals surface area (Å²) in [5.74, 6) is -0.0138. The summed E-state index contributed by atoms with van der Waals surface area (Å²) >= 11 is 0. The number of rotatable bonds is 1. The van der Waals surface area contributed by atoms with E-state index in [0.717, 1.165) is 11.1 Å². The van der Waals surface area contributed by atoms with Crippen molar-refractivity contribution in [2.24, 2.45) is 7.05 Å². The molecule has 0 fully saturated rings. The fourth-order valence-electron chi connectivity index (χ4n) is 3.11. The molecule has 0 amide bonds. The number of ketones is 1. The van der Waals surface area contributed by atoms with Crippen LogP contribution in [-0.2, 0) is 7.05 Å². The maximum absolute atomic E-state index is 12.8. The van der Waals surface area contributed by atoms with Gasteiger partial charge >= 0.3 is 0 Å². The number of hydrogen-bond donors (Lipinski definition) is 0. The number of aromatic nitrogens is 1. The first-order valence-electron chi connectivity index (χ1n) is 7.12. The first kappa shape index (κ1) is 12.8. The molecule has 1 aromatic heterocycles. The molecule has 1 aliphatic rings. The van der Waals surface area contributed by atoms with E-state index in [4.69, 9.17) is 0 Å². The molecule has 0 unspecified atom stereocenters. The van der Waals surface area contributed by atoms with Gasteiger partial charge in [-0.15, -0.1) is 0 Å². The van der Waals surface area contributed by atoms with Gasteiger partial charge in [0.15, 0.2) is 5.78 Å². The predicted molar refractivity (Wildman–Crippen MR) is 86.0 cm³/mol. The molecule has 3 aromatic rings. The molecule has 0 radical (unpaired) electrons. The number of fused-ring (bicyclic) bond motifs is 3. The highest BCUT2D eigenvalue weighted by Crippen LogP contribution is 2.39. The van der Waals surface area contributed by atoms with Gasteiger partial charge in [-0.25, -0.2) is 0 Å². The highest BCUT2D eigenvalue weighted by molar-refractivity contribution is 6.24. The second-order valence-corrected chi connectivity index (χ2v) is 5.42. The molecule has 3 heteroatoms. The third kappa shape index (κ3) is 1.62. The van der Waals surface area contributed by atoms with Gasteiger partial charge < -0.3 is 4.57 Å². The second kappa shape index (κ2) is 4.53. The zero-order chi connectivity index (χ0) is 15.3. The minimum atomic E-state index is -0.109. The Morgan fingerprint density at radius 3 is 2.14 bits per heavy atom. The number of carbonyl (C=O) groups excluding carboxylic acids is 1. The Morgan fingerprint density at radius 2 is 1.41 bits per heavy atom. The molecule has 0 spiro atoms. The van der Waals surface area contributed by atoms with Crippen molar-refractivity contribution < 1.29 is 4.79 Å². The van der Waals surface area contributed by atoms with Gasteiger partial charge in [0.05, 0.1) is 11.3 Å². The molecular weight excluding hydrogens is 274 g/mol. The first-order chi connectivity index (χ1) is 10.7. The van der Waals surface area contributed by atoms with Gasteiger partial charge in [-0.2, -0.15) is 0 Å². The smallest absolute Gasteiger partial charge is 0.251 e. The first-order valence-corrected chi connectivity index (χ1v) is 7.12. The topological polar surface area (TPSA) is 39.1 Å². The lowest BCUT2D eigenvalue weighted by atomic mass is 9.98. The van der Waals surface area contributed by atoms with Crippen LogP contribution < -0.4 is 5.56 Å². The molecular formula is C19H13NO2. The molecule has 0 aliphatic heterocycles. The van der Waals surface area contributed by atoms with Gasteiger partial charge in [0.25, 0.3) is 5.56 Å². The number of benzene rings is 2. The Labute approximate surface area is 127 Å². The van der Waals surface area contributed by atoms with Crippen LogP contribution in [0.3, 0.4) is 0 Å². The number of nitrogens with zero attached hydrogens (tertiary/aromatic N) is 1. The van der Waals surface area contributed by atoms with Gasteiger partial charge in [-0.05, 0) is 5.56 Å². The van der Waals surface area contributed by atoms with Crippen molar-refractivity contribution in [1.82, 2.24) is 4.57 Å². The van der Waals surface area contributed by atoms with Crippen LogP contribution in [0.15, 0.2) is 65.5 Å². The van der Waals surface area contributed by atoms with Crippen molar-refractivity contribution in [2.75, 3.05) is 0 Å². The van der Waals surface area contributed by atoms with Crippen LogP contribution in [-0.4, -0.2) is 10.4 Å². The van der Waals surface area contributed by atoms with E-state index in [1.54, 1.807) is 17.7 Å². The SMILES string of the molecule is Cn1c2c(c(-c3ccccc3)cc1=O)C(=O)c1ccccc1-2. The van der Waals surface area contributed by atoms with E-state index in [1.165, 1.54) is 0 Å². The maximum Gasteiger partial charge on any atom is 0.251 e. The third-order valence-electron chi connectivity index (χ3n) is 4.18. The molecule has 1 heterocycles. The largest absolute Gasteiger partial charge is 0.311 e. The third-order valence-corrected chi connectivity index (χ3v) is 4.18. The van der Waals surface area contributed by atoms with Crippen LogP contribution in [0, 0.1) is 0 Å². The van der Waals surface area contributed by atoms with E-state index in [1.807, 2.05) is 54.6 Å². The van der Waals surface area contributed by atoms with Crippen molar-refractivity contribution in [2.45, 2.75) is 0 Å². The average Bonchev–Trinajstić information content (AvgIpc) is 2.86. The van der Waals surface area contributed by atoms with Crippen LogP contribution >= 0.6 is 0 Å².